The van der Waals surface area contributed by atoms with Crippen molar-refractivity contribution in [3.8, 4) is 5.75 Å². The first kappa shape index (κ1) is 29.3. The number of nitrogens with zero attached hydrogens (tertiary/aromatic N) is 2. The molecule has 0 fully saturated rings. The molecule has 0 bridgehead atoms. The number of anilines is 2. The molecule has 218 valence electrons. The van der Waals surface area contributed by atoms with Crippen molar-refractivity contribution in [2.45, 2.75) is 58.0 Å². The van der Waals surface area contributed by atoms with Gasteiger partial charge in [-0.2, -0.15) is 0 Å². The van der Waals surface area contributed by atoms with E-state index in [9.17, 15) is 4.79 Å². The van der Waals surface area contributed by atoms with Crippen LogP contribution in [0.15, 0.2) is 47.4 Å². The van der Waals surface area contributed by atoms with Crippen molar-refractivity contribution in [2.24, 2.45) is 11.3 Å². The Balaban J connectivity index is 1.52. The van der Waals surface area contributed by atoms with Crippen molar-refractivity contribution < 1.29 is 14.3 Å². The minimum Gasteiger partial charge on any atom is -0.492 e. The number of nitrogens with two attached hydrogens (primary N) is 2. The first-order valence-electron chi connectivity index (χ1n) is 14.2. The molecule has 41 heavy (non-hydrogen) atoms. The standard InChI is InChI=1S/C33H42N4O3S/c1-20-7-8-23(30(33(3,4)32(38)39-6)26-9-10-27(36(5)35)31(34)21(26)2)16-24(20)18-37-12-13-40-28-17-29-22(11-14-41-29)15-25(28)19-37/h7-10,15-17,30H,11-14,18-19,34-35H2,1-6H3. The zero-order valence-corrected chi connectivity index (χ0v) is 25.9. The molecule has 0 aromatic heterocycles. The van der Waals surface area contributed by atoms with Crippen LogP contribution < -0.4 is 21.3 Å². The molecule has 3 aromatic carbocycles. The summed E-state index contributed by atoms with van der Waals surface area (Å²) in [4.78, 5) is 17.0. The molecule has 2 aliphatic heterocycles. The molecule has 0 spiro atoms. The zero-order chi connectivity index (χ0) is 29.5. The van der Waals surface area contributed by atoms with Gasteiger partial charge in [-0.15, -0.1) is 11.8 Å². The Hall–Kier alpha value is -3.20. The number of aryl methyl sites for hydroxylation is 2. The second-order valence-electron chi connectivity index (χ2n) is 11.9. The van der Waals surface area contributed by atoms with Gasteiger partial charge in [0, 0.05) is 48.8 Å². The Morgan fingerprint density at radius 1 is 1.17 bits per heavy atom. The summed E-state index contributed by atoms with van der Waals surface area (Å²) < 4.78 is 11.5. The van der Waals surface area contributed by atoms with E-state index in [1.165, 1.54) is 39.3 Å². The van der Waals surface area contributed by atoms with Crippen LogP contribution in [0.1, 0.15) is 58.7 Å². The van der Waals surface area contributed by atoms with Crippen molar-refractivity contribution in [2.75, 3.05) is 43.8 Å². The second-order valence-corrected chi connectivity index (χ2v) is 13.0. The van der Waals surface area contributed by atoms with Crippen LogP contribution >= 0.6 is 11.8 Å². The topological polar surface area (TPSA) is 94.0 Å². The summed E-state index contributed by atoms with van der Waals surface area (Å²) in [6, 6.07) is 15.1. The average Bonchev–Trinajstić information content (AvgIpc) is 3.30. The molecular formula is C33H42N4O3S. The van der Waals surface area contributed by atoms with Gasteiger partial charge in [0.15, 0.2) is 0 Å². The molecule has 0 radical (unpaired) electrons. The minimum absolute atomic E-state index is 0.269. The highest BCUT2D eigenvalue weighted by molar-refractivity contribution is 7.99. The number of carbonyl (C=O) groups is 1. The monoisotopic (exact) mass is 574 g/mol. The van der Waals surface area contributed by atoms with Crippen molar-refractivity contribution in [1.82, 2.24) is 4.90 Å². The number of hydrazine groups is 1. The summed E-state index contributed by atoms with van der Waals surface area (Å²) in [5.41, 5.74) is 15.2. The number of fused-ring (bicyclic) bond motifs is 2. The normalized spacial score (nSPS) is 15.9. The Morgan fingerprint density at radius 2 is 1.95 bits per heavy atom. The Labute approximate surface area is 248 Å². The summed E-state index contributed by atoms with van der Waals surface area (Å²) in [6.45, 7) is 11.2. The van der Waals surface area contributed by atoms with Gasteiger partial charge in [0.2, 0.25) is 0 Å². The minimum atomic E-state index is -0.845. The lowest BCUT2D eigenvalue weighted by Crippen LogP contribution is -2.34. The van der Waals surface area contributed by atoms with E-state index in [1.807, 2.05) is 44.7 Å². The van der Waals surface area contributed by atoms with E-state index in [0.717, 1.165) is 59.9 Å². The number of nitrogen functional groups attached to an aromatic ring is 1. The molecule has 0 saturated heterocycles. The van der Waals surface area contributed by atoms with Crippen LogP contribution in [-0.2, 0) is 29.0 Å². The maximum Gasteiger partial charge on any atom is 0.312 e. The lowest BCUT2D eigenvalue weighted by Gasteiger charge is -2.35. The molecule has 2 heterocycles. The largest absolute Gasteiger partial charge is 0.492 e. The third-order valence-corrected chi connectivity index (χ3v) is 9.79. The van der Waals surface area contributed by atoms with Gasteiger partial charge in [-0.1, -0.05) is 24.3 Å². The molecule has 1 unspecified atom stereocenters. The molecule has 7 nitrogen and oxygen atoms in total. The SMILES string of the molecule is COC(=O)C(C)(C)C(c1ccc(C)c(CN2CCOc3cc4c(cc3C2)CCS4)c1)c1ccc(N(C)N)c(N)c1C. The maximum atomic E-state index is 13.2. The Kier molecular flexibility index (Phi) is 8.28. The van der Waals surface area contributed by atoms with E-state index in [2.05, 4.69) is 42.2 Å². The fraction of sp³-hybridized carbons (Fsp3) is 0.424. The highest BCUT2D eigenvalue weighted by Gasteiger charge is 2.41. The molecular weight excluding hydrogens is 532 g/mol. The first-order valence-corrected chi connectivity index (χ1v) is 15.2. The van der Waals surface area contributed by atoms with Crippen LogP contribution in [0.3, 0.4) is 0 Å². The van der Waals surface area contributed by atoms with Gasteiger partial charge in [-0.05, 0) is 85.7 Å². The molecule has 8 heteroatoms. The van der Waals surface area contributed by atoms with Crippen LogP contribution in [0.2, 0.25) is 0 Å². The quantitative estimate of drug-likeness (QED) is 0.164. The van der Waals surface area contributed by atoms with Gasteiger partial charge in [-0.25, -0.2) is 5.84 Å². The highest BCUT2D eigenvalue weighted by atomic mass is 32.2. The lowest BCUT2D eigenvalue weighted by molar-refractivity contribution is -0.151. The molecule has 4 N–H and O–H groups in total. The average molecular weight is 575 g/mol. The van der Waals surface area contributed by atoms with E-state index < -0.39 is 5.41 Å². The number of carbonyl (C=O) groups excluding carboxylic acids is 1. The van der Waals surface area contributed by atoms with Crippen molar-refractivity contribution in [1.29, 1.82) is 0 Å². The first-order chi connectivity index (χ1) is 19.5. The van der Waals surface area contributed by atoms with Gasteiger partial charge in [0.05, 0.1) is 23.9 Å². The molecule has 2 aliphatic rings. The maximum absolute atomic E-state index is 13.2. The smallest absolute Gasteiger partial charge is 0.312 e. The number of ether oxygens (including phenoxy) is 2. The molecule has 3 aromatic rings. The van der Waals surface area contributed by atoms with Gasteiger partial charge in [0.1, 0.15) is 12.4 Å². The van der Waals surface area contributed by atoms with Gasteiger partial charge in [0.25, 0.3) is 0 Å². The van der Waals surface area contributed by atoms with Crippen LogP contribution in [0.5, 0.6) is 5.75 Å². The number of esters is 1. The number of rotatable bonds is 7. The van der Waals surface area contributed by atoms with E-state index in [1.54, 1.807) is 7.05 Å². The van der Waals surface area contributed by atoms with Gasteiger partial charge in [-0.3, -0.25) is 9.69 Å². The third-order valence-electron chi connectivity index (χ3n) is 8.69. The molecule has 0 saturated carbocycles. The van der Waals surface area contributed by atoms with Gasteiger partial charge >= 0.3 is 5.97 Å². The van der Waals surface area contributed by atoms with Gasteiger partial charge < -0.3 is 20.2 Å². The molecule has 1 atom stereocenters. The predicted molar refractivity (Wildman–Crippen MR) is 167 cm³/mol. The fourth-order valence-electron chi connectivity index (χ4n) is 6.25. The van der Waals surface area contributed by atoms with Crippen molar-refractivity contribution in [3.63, 3.8) is 0 Å². The van der Waals surface area contributed by atoms with Crippen LogP contribution in [0.25, 0.3) is 0 Å². The van der Waals surface area contributed by atoms with Crippen LogP contribution in [0.4, 0.5) is 11.4 Å². The number of methoxy groups -OCH3 is 1. The van der Waals surface area contributed by atoms with Crippen LogP contribution in [-0.4, -0.2) is 43.9 Å². The second kappa shape index (κ2) is 11.6. The summed E-state index contributed by atoms with van der Waals surface area (Å²) >= 11 is 1.92. The van der Waals surface area contributed by atoms with E-state index >= 15 is 0 Å². The highest BCUT2D eigenvalue weighted by Crippen LogP contribution is 2.46. The van der Waals surface area contributed by atoms with Crippen molar-refractivity contribution in [3.05, 3.63) is 81.4 Å². The number of thioether (sulfide) groups is 1. The predicted octanol–water partition coefficient (Wildman–Crippen LogP) is 5.57. The Morgan fingerprint density at radius 3 is 2.68 bits per heavy atom. The summed E-state index contributed by atoms with van der Waals surface area (Å²) in [6.07, 6.45) is 1.12. The Bertz CT molecular complexity index is 1470. The van der Waals surface area contributed by atoms with Crippen LogP contribution in [0, 0.1) is 19.3 Å². The number of hydrogen-bond acceptors (Lipinski definition) is 8. The number of benzene rings is 3. The molecule has 5 rings (SSSR count). The zero-order valence-electron chi connectivity index (χ0n) is 25.0. The van der Waals surface area contributed by atoms with E-state index in [0.29, 0.717) is 12.3 Å². The number of hydrogen-bond donors (Lipinski definition) is 2. The summed E-state index contributed by atoms with van der Waals surface area (Å²) in [5, 5.41) is 1.52. The van der Waals surface area contributed by atoms with E-state index in [4.69, 9.17) is 21.1 Å². The fourth-order valence-corrected chi connectivity index (χ4v) is 7.33. The molecule has 0 amide bonds. The molecule has 0 aliphatic carbocycles. The summed E-state index contributed by atoms with van der Waals surface area (Å²) in [5.74, 6) is 7.65. The lowest BCUT2D eigenvalue weighted by atomic mass is 9.69. The summed E-state index contributed by atoms with van der Waals surface area (Å²) in [7, 11) is 3.22. The van der Waals surface area contributed by atoms with Crippen molar-refractivity contribution >= 4 is 29.1 Å². The third kappa shape index (κ3) is 5.65. The van der Waals surface area contributed by atoms with E-state index in [-0.39, 0.29) is 11.9 Å².